The van der Waals surface area contributed by atoms with E-state index in [2.05, 4.69) is 21.1 Å². The number of hydrogen-bond acceptors (Lipinski definition) is 7. The van der Waals surface area contributed by atoms with Crippen molar-refractivity contribution in [2.24, 2.45) is 21.9 Å². The molecule has 0 amide bonds. The zero-order valence-electron chi connectivity index (χ0n) is 15.8. The summed E-state index contributed by atoms with van der Waals surface area (Å²) in [6.07, 6.45) is 5.70. The number of rotatable bonds is 5. The first-order valence-corrected chi connectivity index (χ1v) is 9.53. The molecule has 0 bridgehead atoms. The van der Waals surface area contributed by atoms with Crippen LogP contribution in [0, 0.1) is 17.2 Å². The highest BCUT2D eigenvalue weighted by Crippen LogP contribution is 2.30. The molecule has 28 heavy (non-hydrogen) atoms. The van der Waals surface area contributed by atoms with Gasteiger partial charge in [0.05, 0.1) is 36.8 Å². The molecule has 7 nitrogen and oxygen atoms in total. The molecule has 144 valence electrons. The van der Waals surface area contributed by atoms with Crippen molar-refractivity contribution in [2.45, 2.75) is 44.9 Å². The van der Waals surface area contributed by atoms with Crippen LogP contribution in [0.15, 0.2) is 34.5 Å². The van der Waals surface area contributed by atoms with E-state index < -0.39 is 0 Å². The number of ether oxygens (including phenoxy) is 2. The number of hydrogen-bond donors (Lipinski definition) is 1. The second kappa shape index (κ2) is 7.95. The van der Waals surface area contributed by atoms with Gasteiger partial charge < -0.3 is 15.3 Å². The van der Waals surface area contributed by atoms with Crippen LogP contribution < -0.4 is 10.6 Å². The fourth-order valence-corrected chi connectivity index (χ4v) is 3.62. The molecule has 0 spiro atoms. The average Bonchev–Trinajstić information content (AvgIpc) is 2.69. The number of aromatic nitrogens is 1. The molecule has 1 aromatic heterocycles. The molecule has 4 rings (SSSR count). The number of nitrogens with two attached hydrogens (primary N) is 1. The first kappa shape index (κ1) is 18.4. The molecular weight excluding hydrogens is 354 g/mol. The molecule has 2 N–H and O–H groups in total. The topological polar surface area (TPSA) is 106 Å². The van der Waals surface area contributed by atoms with Gasteiger partial charge in [-0.2, -0.15) is 10.4 Å². The molecule has 1 fully saturated rings. The van der Waals surface area contributed by atoms with Gasteiger partial charge in [-0.3, -0.25) is 9.98 Å². The zero-order valence-corrected chi connectivity index (χ0v) is 15.8. The number of benzene rings is 1. The van der Waals surface area contributed by atoms with Crippen LogP contribution in [0.25, 0.3) is 10.9 Å². The summed E-state index contributed by atoms with van der Waals surface area (Å²) in [7, 11) is 0. The molecule has 2 aromatic rings. The van der Waals surface area contributed by atoms with Crippen LogP contribution in [-0.4, -0.2) is 35.7 Å². The van der Waals surface area contributed by atoms with Gasteiger partial charge in [0.15, 0.2) is 0 Å². The van der Waals surface area contributed by atoms with E-state index in [-0.39, 0.29) is 18.1 Å². The van der Waals surface area contributed by atoms with E-state index in [0.717, 1.165) is 48.1 Å². The number of pyridine rings is 1. The van der Waals surface area contributed by atoms with E-state index in [1.807, 2.05) is 31.3 Å². The molecule has 0 saturated heterocycles. The highest BCUT2D eigenvalue weighted by Gasteiger charge is 2.28. The third kappa shape index (κ3) is 3.69. The Kier molecular flexibility index (Phi) is 5.22. The van der Waals surface area contributed by atoms with E-state index in [1.54, 1.807) is 6.21 Å². The predicted octanol–water partition coefficient (Wildman–Crippen LogP) is 2.76. The quantitative estimate of drug-likeness (QED) is 0.490. The van der Waals surface area contributed by atoms with Crippen molar-refractivity contribution in [3.63, 3.8) is 0 Å². The molecule has 1 aliphatic heterocycles. The smallest absolute Gasteiger partial charge is 0.141 e. The summed E-state index contributed by atoms with van der Waals surface area (Å²) in [6, 6.07) is 8.34. The minimum absolute atomic E-state index is 0.122. The van der Waals surface area contributed by atoms with Crippen LogP contribution in [0.3, 0.4) is 0 Å². The highest BCUT2D eigenvalue weighted by molar-refractivity contribution is 6.32. The van der Waals surface area contributed by atoms with Crippen molar-refractivity contribution in [1.82, 2.24) is 4.98 Å². The lowest BCUT2D eigenvalue weighted by Gasteiger charge is -2.26. The van der Waals surface area contributed by atoms with E-state index in [9.17, 15) is 0 Å². The summed E-state index contributed by atoms with van der Waals surface area (Å²) in [6.45, 7) is 3.23. The molecule has 1 atom stereocenters. The Morgan fingerprint density at radius 1 is 1.46 bits per heavy atom. The van der Waals surface area contributed by atoms with E-state index in [0.29, 0.717) is 12.3 Å². The summed E-state index contributed by atoms with van der Waals surface area (Å²) in [5.41, 5.74) is 3.94. The van der Waals surface area contributed by atoms with Crippen molar-refractivity contribution in [3.05, 3.63) is 35.5 Å². The monoisotopic (exact) mass is 377 g/mol. The van der Waals surface area contributed by atoms with Crippen LogP contribution in [0.5, 0.6) is 5.75 Å². The van der Waals surface area contributed by atoms with Crippen LogP contribution >= 0.6 is 0 Å². The van der Waals surface area contributed by atoms with Gasteiger partial charge in [-0.25, -0.2) is 0 Å². The minimum atomic E-state index is -0.339. The Labute approximate surface area is 163 Å². The molecule has 2 aliphatic rings. The summed E-state index contributed by atoms with van der Waals surface area (Å²) in [4.78, 5) is 9.00. The Hall–Kier alpha value is -2.98. The van der Waals surface area contributed by atoms with Crippen molar-refractivity contribution in [3.8, 4) is 11.8 Å². The van der Waals surface area contributed by atoms with E-state index in [4.69, 9.17) is 20.6 Å². The second-order valence-corrected chi connectivity index (χ2v) is 7.29. The second-order valence-electron chi connectivity index (χ2n) is 7.29. The lowest BCUT2D eigenvalue weighted by molar-refractivity contribution is 0.111. The number of nitrogens with zero attached hydrogens (tertiary/aromatic N) is 4. The fraction of sp³-hybridized carbons (Fsp3) is 0.429. The van der Waals surface area contributed by atoms with Gasteiger partial charge in [0.25, 0.3) is 0 Å². The van der Waals surface area contributed by atoms with Gasteiger partial charge in [-0.15, -0.1) is 0 Å². The Morgan fingerprint density at radius 3 is 3.11 bits per heavy atom. The maximum atomic E-state index is 8.85. The van der Waals surface area contributed by atoms with Crippen LogP contribution in [0.2, 0.25) is 0 Å². The summed E-state index contributed by atoms with van der Waals surface area (Å²) in [5, 5.41) is 13.8. The molecule has 1 saturated carbocycles. The van der Waals surface area contributed by atoms with Gasteiger partial charge in [0.2, 0.25) is 0 Å². The van der Waals surface area contributed by atoms with Crippen LogP contribution in [-0.2, 0) is 17.8 Å². The number of nitriles is 1. The van der Waals surface area contributed by atoms with Gasteiger partial charge in [0, 0.05) is 17.8 Å². The molecule has 1 aliphatic carbocycles. The number of aliphatic imine (C=N–C) groups is 1. The fourth-order valence-electron chi connectivity index (χ4n) is 3.62. The molecule has 1 aromatic carbocycles. The maximum absolute atomic E-state index is 8.85. The van der Waals surface area contributed by atoms with Crippen molar-refractivity contribution in [2.75, 3.05) is 6.61 Å². The molecule has 2 heterocycles. The van der Waals surface area contributed by atoms with Gasteiger partial charge >= 0.3 is 0 Å². The molecule has 7 heteroatoms. The SMILES string of the molecule is CC(Oc1ccc2ncc3c(c2c1)CCOC3)/C(C=NC1CC(C#N)C1)=N/N. The minimum Gasteiger partial charge on any atom is -0.484 e. The summed E-state index contributed by atoms with van der Waals surface area (Å²) in [5.74, 6) is 6.41. The van der Waals surface area contributed by atoms with E-state index >= 15 is 0 Å². The van der Waals surface area contributed by atoms with Crippen molar-refractivity contribution in [1.29, 1.82) is 5.26 Å². The first-order valence-electron chi connectivity index (χ1n) is 9.53. The van der Waals surface area contributed by atoms with Crippen LogP contribution in [0.1, 0.15) is 30.9 Å². The van der Waals surface area contributed by atoms with Crippen molar-refractivity contribution >= 4 is 22.8 Å². The largest absolute Gasteiger partial charge is 0.484 e. The number of fused-ring (bicyclic) bond motifs is 3. The highest BCUT2D eigenvalue weighted by atomic mass is 16.5. The van der Waals surface area contributed by atoms with Gasteiger partial charge in [-0.05, 0) is 55.5 Å². The molecular formula is C21H23N5O2. The summed E-state index contributed by atoms with van der Waals surface area (Å²) >= 11 is 0. The number of hydrazone groups is 1. The average molecular weight is 377 g/mol. The predicted molar refractivity (Wildman–Crippen MR) is 107 cm³/mol. The first-order chi connectivity index (χ1) is 13.7. The lowest BCUT2D eigenvalue weighted by Crippen LogP contribution is -2.30. The maximum Gasteiger partial charge on any atom is 0.141 e. The molecule has 0 radical (unpaired) electrons. The standard InChI is InChI=1S/C21H23N5O2/c1-13(21(26-23)11-24-16-6-14(7-16)9-22)28-17-2-3-20-19(8-17)18-4-5-27-12-15(18)10-25-20/h2-3,8,10-11,13-14,16H,4-7,12,23H2,1H3/b24-11?,26-21+. The third-order valence-corrected chi connectivity index (χ3v) is 5.39. The summed E-state index contributed by atoms with van der Waals surface area (Å²) < 4.78 is 11.6. The molecule has 1 unspecified atom stereocenters. The lowest BCUT2D eigenvalue weighted by atomic mass is 9.82. The van der Waals surface area contributed by atoms with Gasteiger partial charge in [-0.1, -0.05) is 0 Å². The third-order valence-electron chi connectivity index (χ3n) is 5.39. The van der Waals surface area contributed by atoms with Crippen molar-refractivity contribution < 1.29 is 9.47 Å². The van der Waals surface area contributed by atoms with E-state index in [1.165, 1.54) is 5.56 Å². The zero-order chi connectivity index (χ0) is 19.5. The van der Waals surface area contributed by atoms with Crippen LogP contribution in [0.4, 0.5) is 0 Å². The Bertz CT molecular complexity index is 973. The normalized spacial score (nSPS) is 23.1. The Morgan fingerprint density at radius 2 is 2.32 bits per heavy atom. The Balaban J connectivity index is 1.49. The van der Waals surface area contributed by atoms with Gasteiger partial charge in [0.1, 0.15) is 17.6 Å².